The Kier molecular flexibility index (Phi) is 7.12. The maximum atomic E-state index is 13.2. The first-order valence-corrected chi connectivity index (χ1v) is 9.62. The molecule has 4 nitrogen and oxygen atoms in total. The maximum Gasteiger partial charge on any atom is 0.255 e. The van der Waals surface area contributed by atoms with E-state index in [1.165, 1.54) is 17.5 Å². The molecule has 1 unspecified atom stereocenters. The van der Waals surface area contributed by atoms with Crippen molar-refractivity contribution in [2.45, 2.75) is 40.5 Å². The smallest absolute Gasteiger partial charge is 0.255 e. The molecule has 3 rings (SSSR count). The molecule has 2 heterocycles. The molecule has 0 radical (unpaired) electrons. The summed E-state index contributed by atoms with van der Waals surface area (Å²) >= 11 is 0. The highest BCUT2D eigenvalue weighted by Crippen LogP contribution is 2.25. The van der Waals surface area contributed by atoms with Crippen LogP contribution in [0.5, 0.6) is 0 Å². The number of aryl methyl sites for hydroxylation is 3. The summed E-state index contributed by atoms with van der Waals surface area (Å²) in [6.45, 7) is 11.1. The average Bonchev–Trinajstić information content (AvgIpc) is 2.88. The van der Waals surface area contributed by atoms with Crippen molar-refractivity contribution in [2.24, 2.45) is 5.92 Å². The quantitative estimate of drug-likeness (QED) is 0.850. The van der Waals surface area contributed by atoms with E-state index in [1.807, 2.05) is 11.9 Å². The number of piperidine rings is 1. The van der Waals surface area contributed by atoms with Crippen molar-refractivity contribution in [1.29, 1.82) is 0 Å². The fourth-order valence-electron chi connectivity index (χ4n) is 4.33. The van der Waals surface area contributed by atoms with Crippen LogP contribution in [-0.4, -0.2) is 42.1 Å². The first kappa shape index (κ1) is 21.5. The van der Waals surface area contributed by atoms with E-state index in [-0.39, 0.29) is 18.3 Å². The summed E-state index contributed by atoms with van der Waals surface area (Å²) in [7, 11) is 1.98. The lowest BCUT2D eigenvalue weighted by Crippen LogP contribution is -2.42. The van der Waals surface area contributed by atoms with Gasteiger partial charge in [0.2, 0.25) is 0 Å². The Morgan fingerprint density at radius 3 is 2.41 bits per heavy atom. The Labute approximate surface area is 169 Å². The monoisotopic (exact) mass is 389 g/mol. The number of carbonyl (C=O) groups excluding carboxylic acids is 1. The molecule has 2 aromatic rings. The van der Waals surface area contributed by atoms with Gasteiger partial charge in [-0.3, -0.25) is 4.79 Å². The van der Waals surface area contributed by atoms with Gasteiger partial charge < -0.3 is 14.8 Å². The topological polar surface area (TPSA) is 37.3 Å². The molecule has 27 heavy (non-hydrogen) atoms. The molecule has 1 aromatic carbocycles. The Morgan fingerprint density at radius 2 is 1.78 bits per heavy atom. The van der Waals surface area contributed by atoms with Gasteiger partial charge in [-0.05, 0) is 89.4 Å². The van der Waals surface area contributed by atoms with E-state index >= 15 is 0 Å². The fourth-order valence-corrected chi connectivity index (χ4v) is 4.33. The summed E-state index contributed by atoms with van der Waals surface area (Å²) in [6, 6.07) is 8.60. The maximum absolute atomic E-state index is 13.2. The molecule has 1 fully saturated rings. The Morgan fingerprint density at radius 1 is 1.11 bits per heavy atom. The zero-order valence-corrected chi connectivity index (χ0v) is 17.9. The third kappa shape index (κ3) is 4.56. The molecular weight excluding hydrogens is 358 g/mol. The van der Waals surface area contributed by atoms with Gasteiger partial charge in [-0.1, -0.05) is 6.07 Å². The van der Waals surface area contributed by atoms with E-state index in [0.717, 1.165) is 48.7 Å². The number of carbonyl (C=O) groups is 1. The van der Waals surface area contributed by atoms with E-state index in [2.05, 4.69) is 61.8 Å². The van der Waals surface area contributed by atoms with Gasteiger partial charge in [0.25, 0.3) is 5.91 Å². The first-order valence-electron chi connectivity index (χ1n) is 9.62. The second-order valence-electron chi connectivity index (χ2n) is 7.78. The summed E-state index contributed by atoms with van der Waals surface area (Å²) < 4.78 is 2.21. The minimum absolute atomic E-state index is 0. The van der Waals surface area contributed by atoms with Gasteiger partial charge in [0.15, 0.2) is 0 Å². The summed E-state index contributed by atoms with van der Waals surface area (Å²) in [5.41, 5.74) is 6.61. The highest BCUT2D eigenvalue weighted by Gasteiger charge is 2.26. The van der Waals surface area contributed by atoms with Crippen LogP contribution in [0.4, 0.5) is 0 Å². The van der Waals surface area contributed by atoms with Crippen LogP contribution in [0, 0.1) is 33.6 Å². The normalized spacial score (nSPS) is 16.9. The van der Waals surface area contributed by atoms with Gasteiger partial charge in [-0.15, -0.1) is 12.4 Å². The average molecular weight is 390 g/mol. The Bertz CT molecular complexity index is 790. The standard InChI is InChI=1S/C22H31N3O.ClH/c1-15-9-16(2)11-20(10-15)25-17(3)12-21(18(25)4)22(26)24-8-6-7-19(14-24)13-23-5;/h9-12,19,23H,6-8,13-14H2,1-5H3;1H. The molecule has 1 aliphatic heterocycles. The minimum Gasteiger partial charge on any atom is -0.338 e. The van der Waals surface area contributed by atoms with Crippen molar-refractivity contribution in [3.8, 4) is 5.69 Å². The SMILES string of the molecule is CNCC1CCCN(C(=O)c2cc(C)n(-c3cc(C)cc(C)c3)c2C)C1.Cl. The summed E-state index contributed by atoms with van der Waals surface area (Å²) in [6.07, 6.45) is 2.29. The molecule has 1 N–H and O–H groups in total. The lowest BCUT2D eigenvalue weighted by molar-refractivity contribution is 0.0673. The second-order valence-corrected chi connectivity index (χ2v) is 7.78. The van der Waals surface area contributed by atoms with E-state index < -0.39 is 0 Å². The lowest BCUT2D eigenvalue weighted by atomic mass is 9.97. The number of hydrogen-bond acceptors (Lipinski definition) is 2. The van der Waals surface area contributed by atoms with Crippen LogP contribution >= 0.6 is 12.4 Å². The molecule has 1 atom stereocenters. The highest BCUT2D eigenvalue weighted by molar-refractivity contribution is 5.96. The van der Waals surface area contributed by atoms with Crippen molar-refractivity contribution >= 4 is 18.3 Å². The number of benzene rings is 1. The van der Waals surface area contributed by atoms with Crippen molar-refractivity contribution < 1.29 is 4.79 Å². The van der Waals surface area contributed by atoms with Crippen LogP contribution in [0.2, 0.25) is 0 Å². The van der Waals surface area contributed by atoms with Crippen LogP contribution in [0.15, 0.2) is 24.3 Å². The lowest BCUT2D eigenvalue weighted by Gasteiger charge is -2.32. The molecular formula is C22H32ClN3O. The minimum atomic E-state index is 0. The van der Waals surface area contributed by atoms with Crippen LogP contribution in [0.25, 0.3) is 5.69 Å². The van der Waals surface area contributed by atoms with Gasteiger partial charge in [-0.25, -0.2) is 0 Å². The second kappa shape index (κ2) is 8.94. The number of likely N-dealkylation sites (tertiary alicyclic amines) is 1. The van der Waals surface area contributed by atoms with Crippen LogP contribution in [-0.2, 0) is 0 Å². The molecule has 0 aliphatic carbocycles. The van der Waals surface area contributed by atoms with Crippen LogP contribution < -0.4 is 5.32 Å². The largest absolute Gasteiger partial charge is 0.338 e. The van der Waals surface area contributed by atoms with Gasteiger partial charge in [0.1, 0.15) is 0 Å². The van der Waals surface area contributed by atoms with E-state index in [4.69, 9.17) is 0 Å². The molecule has 0 spiro atoms. The Hall–Kier alpha value is -1.78. The number of amides is 1. The van der Waals surface area contributed by atoms with Crippen LogP contribution in [0.3, 0.4) is 0 Å². The van der Waals surface area contributed by atoms with E-state index in [0.29, 0.717) is 5.92 Å². The number of halogens is 1. The van der Waals surface area contributed by atoms with Gasteiger partial charge in [-0.2, -0.15) is 0 Å². The summed E-state index contributed by atoms with van der Waals surface area (Å²) in [4.78, 5) is 15.2. The van der Waals surface area contributed by atoms with Crippen LogP contribution in [0.1, 0.15) is 45.7 Å². The van der Waals surface area contributed by atoms with Crippen molar-refractivity contribution in [1.82, 2.24) is 14.8 Å². The third-order valence-corrected chi connectivity index (χ3v) is 5.43. The van der Waals surface area contributed by atoms with E-state index in [1.54, 1.807) is 0 Å². The molecule has 5 heteroatoms. The summed E-state index contributed by atoms with van der Waals surface area (Å²) in [5, 5.41) is 3.25. The third-order valence-electron chi connectivity index (χ3n) is 5.43. The predicted octanol–water partition coefficient (Wildman–Crippen LogP) is 4.20. The van der Waals surface area contributed by atoms with Crippen molar-refractivity contribution in [3.05, 3.63) is 52.3 Å². The Balaban J connectivity index is 0.00000261. The van der Waals surface area contributed by atoms with Crippen molar-refractivity contribution in [2.75, 3.05) is 26.7 Å². The van der Waals surface area contributed by atoms with Gasteiger partial charge >= 0.3 is 0 Å². The zero-order chi connectivity index (χ0) is 18.8. The number of aromatic nitrogens is 1. The van der Waals surface area contributed by atoms with E-state index in [9.17, 15) is 4.79 Å². The molecule has 0 bridgehead atoms. The van der Waals surface area contributed by atoms with Gasteiger partial charge in [0.05, 0.1) is 5.56 Å². The number of hydrogen-bond donors (Lipinski definition) is 1. The highest BCUT2D eigenvalue weighted by atomic mass is 35.5. The molecule has 0 saturated carbocycles. The molecule has 1 saturated heterocycles. The first-order chi connectivity index (χ1) is 12.4. The molecule has 1 aliphatic rings. The molecule has 1 aromatic heterocycles. The predicted molar refractivity (Wildman–Crippen MR) is 115 cm³/mol. The fraction of sp³-hybridized carbons (Fsp3) is 0.500. The summed E-state index contributed by atoms with van der Waals surface area (Å²) in [5.74, 6) is 0.732. The number of nitrogens with one attached hydrogen (secondary N) is 1. The number of nitrogens with zero attached hydrogens (tertiary/aromatic N) is 2. The van der Waals surface area contributed by atoms with Crippen molar-refractivity contribution in [3.63, 3.8) is 0 Å². The molecule has 148 valence electrons. The molecule has 1 amide bonds. The van der Waals surface area contributed by atoms with Gasteiger partial charge in [0, 0.05) is 30.2 Å². The zero-order valence-electron chi connectivity index (χ0n) is 17.1. The number of rotatable bonds is 4.